The van der Waals surface area contributed by atoms with E-state index in [1.54, 1.807) is 12.1 Å². The fourth-order valence-corrected chi connectivity index (χ4v) is 5.41. The van der Waals surface area contributed by atoms with Gasteiger partial charge in [-0.2, -0.15) is 0 Å². The van der Waals surface area contributed by atoms with Gasteiger partial charge in [0.1, 0.15) is 23.7 Å². The molecule has 4 rings (SSSR count). The first-order valence-corrected chi connectivity index (χ1v) is 15.3. The highest BCUT2D eigenvalue weighted by atomic mass is 16.5. The highest BCUT2D eigenvalue weighted by Gasteiger charge is 2.20. The van der Waals surface area contributed by atoms with Crippen LogP contribution in [0.4, 0.5) is 5.69 Å². The standard InChI is InChI=1S/C38H45NO4/c1-7-28-20-21-35(42-23-13-22-39(6)36-30(26(2)3)16-11-17-31(36)27(4)5)34(24-28)32-18-12-19-33(37(32)40)38(41)43-25-29-14-9-8-10-15-29/h8-12,14-21,24,26-27,40H,7,13,22-23,25H2,1-6H3. The maximum atomic E-state index is 12.9. The molecule has 0 atom stereocenters. The molecule has 4 aromatic carbocycles. The van der Waals surface area contributed by atoms with Crippen LogP contribution in [0.2, 0.25) is 0 Å². The van der Waals surface area contributed by atoms with E-state index in [4.69, 9.17) is 9.47 Å². The highest BCUT2D eigenvalue weighted by Crippen LogP contribution is 2.39. The van der Waals surface area contributed by atoms with Crippen LogP contribution in [-0.4, -0.2) is 31.3 Å². The van der Waals surface area contributed by atoms with E-state index in [0.29, 0.717) is 29.8 Å². The van der Waals surface area contributed by atoms with Crippen LogP contribution in [0.1, 0.15) is 85.5 Å². The summed E-state index contributed by atoms with van der Waals surface area (Å²) in [4.78, 5) is 15.3. The molecule has 0 aromatic heterocycles. The number of carbonyl (C=O) groups excluding carboxylic acids is 1. The minimum Gasteiger partial charge on any atom is -0.506 e. The number of ether oxygens (including phenoxy) is 2. The molecule has 5 heteroatoms. The molecule has 0 heterocycles. The number of benzene rings is 4. The highest BCUT2D eigenvalue weighted by molar-refractivity contribution is 5.96. The number of phenolic OH excluding ortho intramolecular Hbond substituents is 1. The van der Waals surface area contributed by atoms with Crippen molar-refractivity contribution in [3.05, 3.63) is 113 Å². The molecule has 226 valence electrons. The van der Waals surface area contributed by atoms with E-state index in [1.807, 2.05) is 54.6 Å². The van der Waals surface area contributed by atoms with Crippen LogP contribution in [-0.2, 0) is 17.8 Å². The summed E-state index contributed by atoms with van der Waals surface area (Å²) in [6.07, 6.45) is 1.67. The second kappa shape index (κ2) is 14.8. The lowest BCUT2D eigenvalue weighted by atomic mass is 9.92. The zero-order valence-corrected chi connectivity index (χ0v) is 26.4. The van der Waals surface area contributed by atoms with Gasteiger partial charge in [0.2, 0.25) is 0 Å². The molecule has 0 aliphatic heterocycles. The lowest BCUT2D eigenvalue weighted by Crippen LogP contribution is -2.23. The first kappa shape index (κ1) is 31.7. The van der Waals surface area contributed by atoms with Crippen molar-refractivity contribution in [2.45, 2.75) is 65.9 Å². The summed E-state index contributed by atoms with van der Waals surface area (Å²) in [6.45, 7) is 12.6. The molecule has 5 nitrogen and oxygen atoms in total. The molecular formula is C38H45NO4. The van der Waals surface area contributed by atoms with Gasteiger partial charge in [-0.1, -0.05) is 101 Å². The average Bonchev–Trinajstić information content (AvgIpc) is 3.02. The first-order chi connectivity index (χ1) is 20.7. The van der Waals surface area contributed by atoms with Gasteiger partial charge in [0.05, 0.1) is 6.61 Å². The fraction of sp³-hybridized carbons (Fsp3) is 0.342. The molecule has 0 aliphatic rings. The van der Waals surface area contributed by atoms with Crippen LogP contribution in [0, 0.1) is 0 Å². The molecular weight excluding hydrogens is 534 g/mol. The van der Waals surface area contributed by atoms with Crippen molar-refractivity contribution >= 4 is 11.7 Å². The third kappa shape index (κ3) is 7.78. The van der Waals surface area contributed by atoms with E-state index < -0.39 is 5.97 Å². The van der Waals surface area contributed by atoms with Crippen LogP contribution in [0.15, 0.2) is 84.9 Å². The van der Waals surface area contributed by atoms with Crippen molar-refractivity contribution < 1.29 is 19.4 Å². The third-order valence-electron chi connectivity index (χ3n) is 7.83. The zero-order chi connectivity index (χ0) is 30.9. The summed E-state index contributed by atoms with van der Waals surface area (Å²) in [5, 5.41) is 11.2. The van der Waals surface area contributed by atoms with Crippen LogP contribution in [0.5, 0.6) is 11.5 Å². The Morgan fingerprint density at radius 1 is 0.814 bits per heavy atom. The monoisotopic (exact) mass is 579 g/mol. The zero-order valence-electron chi connectivity index (χ0n) is 26.4. The normalized spacial score (nSPS) is 11.2. The molecule has 0 bridgehead atoms. The molecule has 0 radical (unpaired) electrons. The second-order valence-electron chi connectivity index (χ2n) is 11.7. The van der Waals surface area contributed by atoms with Crippen LogP contribution in [0.25, 0.3) is 11.1 Å². The van der Waals surface area contributed by atoms with E-state index in [-0.39, 0.29) is 17.9 Å². The molecule has 0 aliphatic carbocycles. The van der Waals surface area contributed by atoms with Gasteiger partial charge >= 0.3 is 5.97 Å². The van der Waals surface area contributed by atoms with Crippen molar-refractivity contribution in [2.75, 3.05) is 25.1 Å². The number of rotatable bonds is 13. The molecule has 4 aromatic rings. The fourth-order valence-electron chi connectivity index (χ4n) is 5.41. The Kier molecular flexibility index (Phi) is 10.9. The summed E-state index contributed by atoms with van der Waals surface area (Å²) in [6, 6.07) is 27.4. The topological polar surface area (TPSA) is 59.0 Å². The van der Waals surface area contributed by atoms with E-state index >= 15 is 0 Å². The van der Waals surface area contributed by atoms with E-state index in [0.717, 1.165) is 36.1 Å². The summed E-state index contributed by atoms with van der Waals surface area (Å²) >= 11 is 0. The van der Waals surface area contributed by atoms with Gasteiger partial charge in [0.25, 0.3) is 0 Å². The van der Waals surface area contributed by atoms with Crippen molar-refractivity contribution in [3.8, 4) is 22.6 Å². The van der Waals surface area contributed by atoms with Crippen LogP contribution < -0.4 is 9.64 Å². The van der Waals surface area contributed by atoms with Gasteiger partial charge in [-0.25, -0.2) is 4.79 Å². The van der Waals surface area contributed by atoms with Gasteiger partial charge in [-0.15, -0.1) is 0 Å². The quantitative estimate of drug-likeness (QED) is 0.126. The SMILES string of the molecule is CCc1ccc(OCCCN(C)c2c(C(C)C)cccc2C(C)C)c(-c2cccc(C(=O)OCc3ccccc3)c2O)c1. The molecule has 0 amide bonds. The van der Waals surface area contributed by atoms with Gasteiger partial charge in [-0.3, -0.25) is 0 Å². The van der Waals surface area contributed by atoms with Crippen LogP contribution >= 0.6 is 0 Å². The summed E-state index contributed by atoms with van der Waals surface area (Å²) in [7, 11) is 2.16. The molecule has 0 fully saturated rings. The predicted octanol–water partition coefficient (Wildman–Crippen LogP) is 9.13. The van der Waals surface area contributed by atoms with E-state index in [9.17, 15) is 9.90 Å². The Hall–Kier alpha value is -4.25. The Balaban J connectivity index is 1.50. The number of para-hydroxylation sites is 2. The number of carbonyl (C=O) groups is 1. The lowest BCUT2D eigenvalue weighted by molar-refractivity contribution is 0.0469. The van der Waals surface area contributed by atoms with Crippen molar-refractivity contribution in [3.63, 3.8) is 0 Å². The number of anilines is 1. The molecule has 0 saturated carbocycles. The Morgan fingerprint density at radius 2 is 1.49 bits per heavy atom. The molecule has 0 saturated heterocycles. The molecule has 0 unspecified atom stereocenters. The van der Waals surface area contributed by atoms with Gasteiger partial charge in [0.15, 0.2) is 0 Å². The van der Waals surface area contributed by atoms with E-state index in [2.05, 4.69) is 64.8 Å². The number of aryl methyl sites for hydroxylation is 1. The lowest BCUT2D eigenvalue weighted by Gasteiger charge is -2.28. The average molecular weight is 580 g/mol. The second-order valence-corrected chi connectivity index (χ2v) is 11.7. The maximum absolute atomic E-state index is 12.9. The molecule has 0 spiro atoms. The van der Waals surface area contributed by atoms with E-state index in [1.165, 1.54) is 16.8 Å². The summed E-state index contributed by atoms with van der Waals surface area (Å²) in [5.74, 6) is 0.875. The molecule has 1 N–H and O–H groups in total. The number of nitrogens with zero attached hydrogens (tertiary/aromatic N) is 1. The number of hydrogen-bond acceptors (Lipinski definition) is 5. The Labute approximate surface area is 257 Å². The van der Waals surface area contributed by atoms with Gasteiger partial charge < -0.3 is 19.5 Å². The van der Waals surface area contributed by atoms with Crippen molar-refractivity contribution in [1.29, 1.82) is 0 Å². The minimum absolute atomic E-state index is 0.107. The third-order valence-corrected chi connectivity index (χ3v) is 7.83. The molecule has 43 heavy (non-hydrogen) atoms. The smallest absolute Gasteiger partial charge is 0.342 e. The van der Waals surface area contributed by atoms with Crippen molar-refractivity contribution in [1.82, 2.24) is 0 Å². The number of hydrogen-bond donors (Lipinski definition) is 1. The Morgan fingerprint density at radius 3 is 2.14 bits per heavy atom. The van der Waals surface area contributed by atoms with Crippen LogP contribution in [0.3, 0.4) is 0 Å². The largest absolute Gasteiger partial charge is 0.506 e. The minimum atomic E-state index is -0.567. The predicted molar refractivity (Wildman–Crippen MR) is 176 cm³/mol. The first-order valence-electron chi connectivity index (χ1n) is 15.3. The van der Waals surface area contributed by atoms with Crippen molar-refractivity contribution in [2.24, 2.45) is 0 Å². The van der Waals surface area contributed by atoms with Gasteiger partial charge in [-0.05, 0) is 65.1 Å². The number of phenols is 1. The maximum Gasteiger partial charge on any atom is 0.342 e. The summed E-state index contributed by atoms with van der Waals surface area (Å²) < 4.78 is 11.9. The summed E-state index contributed by atoms with van der Waals surface area (Å²) in [5.41, 5.74) is 7.49. The number of aromatic hydroxyl groups is 1. The number of esters is 1. The Bertz CT molecular complexity index is 1480. The van der Waals surface area contributed by atoms with Gasteiger partial charge in [0, 0.05) is 30.4 Å².